The number of hydrogen-bond donors (Lipinski definition) is 0. The third-order valence-electron chi connectivity index (χ3n) is 4.03. The molecule has 0 unspecified atom stereocenters. The molecule has 1 aromatic carbocycles. The lowest BCUT2D eigenvalue weighted by molar-refractivity contribution is 0.331. The van der Waals surface area contributed by atoms with Gasteiger partial charge in [-0.15, -0.1) is 11.6 Å². The molecule has 1 aliphatic carbocycles. The molecule has 0 N–H and O–H groups in total. The van der Waals surface area contributed by atoms with E-state index in [4.69, 9.17) is 11.6 Å². The fourth-order valence-corrected chi connectivity index (χ4v) is 3.68. The van der Waals surface area contributed by atoms with Crippen molar-refractivity contribution in [1.82, 2.24) is 9.55 Å². The van der Waals surface area contributed by atoms with Crippen LogP contribution in [0.15, 0.2) is 22.7 Å². The molecule has 0 aliphatic heterocycles. The first-order valence-electron chi connectivity index (χ1n) is 6.37. The molecule has 0 spiro atoms. The average Bonchev–Trinajstić information content (AvgIpc) is 2.92. The summed E-state index contributed by atoms with van der Waals surface area (Å²) in [6.07, 6.45) is 5.04. The first-order chi connectivity index (χ1) is 8.64. The molecule has 0 amide bonds. The van der Waals surface area contributed by atoms with Gasteiger partial charge in [-0.1, -0.05) is 28.8 Å². The van der Waals surface area contributed by atoms with E-state index in [9.17, 15) is 0 Å². The molecule has 1 fully saturated rings. The highest BCUT2D eigenvalue weighted by Gasteiger charge is 2.33. The quantitative estimate of drug-likeness (QED) is 0.723. The number of rotatable bonds is 2. The van der Waals surface area contributed by atoms with Crippen molar-refractivity contribution < 1.29 is 0 Å². The summed E-state index contributed by atoms with van der Waals surface area (Å²) in [5.74, 6) is 1.47. The highest BCUT2D eigenvalue weighted by atomic mass is 79.9. The molecule has 1 saturated carbocycles. The highest BCUT2D eigenvalue weighted by Crippen LogP contribution is 2.39. The molecule has 0 saturated heterocycles. The third-order valence-corrected chi connectivity index (χ3v) is 4.76. The zero-order valence-electron chi connectivity index (χ0n) is 10.4. The lowest BCUT2D eigenvalue weighted by atomic mass is 9.99. The molecular weight excluding hydrogens is 312 g/mol. The minimum absolute atomic E-state index is 0.187. The molecule has 2 aromatic rings. The number of alkyl halides is 1. The van der Waals surface area contributed by atoms with E-state index in [1.54, 1.807) is 0 Å². The number of benzene rings is 1. The Hall–Kier alpha value is -0.540. The molecule has 1 aromatic heterocycles. The van der Waals surface area contributed by atoms with Gasteiger partial charge < -0.3 is 4.57 Å². The van der Waals surface area contributed by atoms with E-state index < -0.39 is 0 Å². The van der Waals surface area contributed by atoms with Gasteiger partial charge in [0.25, 0.3) is 0 Å². The van der Waals surface area contributed by atoms with Gasteiger partial charge in [-0.2, -0.15) is 0 Å². The van der Waals surface area contributed by atoms with E-state index in [2.05, 4.69) is 50.6 Å². The fraction of sp³-hybridized carbons (Fsp3) is 0.500. The number of nitrogens with zero attached hydrogens (tertiary/aromatic N) is 2. The van der Waals surface area contributed by atoms with Crippen LogP contribution in [0.3, 0.4) is 0 Å². The van der Waals surface area contributed by atoms with Gasteiger partial charge in [-0.05, 0) is 38.0 Å². The predicted molar refractivity (Wildman–Crippen MR) is 79.1 cm³/mol. The maximum absolute atomic E-state index is 6.09. The van der Waals surface area contributed by atoms with Gasteiger partial charge in [0.05, 0.1) is 16.9 Å². The molecule has 1 heterocycles. The Morgan fingerprint density at radius 3 is 2.78 bits per heavy atom. The Labute approximate surface area is 120 Å². The number of halogens is 2. The Morgan fingerprint density at radius 1 is 1.39 bits per heavy atom. The van der Waals surface area contributed by atoms with Crippen molar-refractivity contribution in [2.75, 3.05) is 0 Å². The van der Waals surface area contributed by atoms with Gasteiger partial charge in [-0.25, -0.2) is 4.98 Å². The Balaban J connectivity index is 2.25. The van der Waals surface area contributed by atoms with Gasteiger partial charge >= 0.3 is 0 Å². The topological polar surface area (TPSA) is 17.8 Å². The van der Waals surface area contributed by atoms with E-state index in [1.165, 1.54) is 31.2 Å². The molecule has 0 radical (unpaired) electrons. The summed E-state index contributed by atoms with van der Waals surface area (Å²) in [7, 11) is 0. The minimum Gasteiger partial charge on any atom is -0.321 e. The molecule has 0 atom stereocenters. The van der Waals surface area contributed by atoms with Gasteiger partial charge in [0.1, 0.15) is 5.82 Å². The van der Waals surface area contributed by atoms with Crippen LogP contribution in [0.5, 0.6) is 0 Å². The standard InChI is InChI=1S/C14H16BrClN2/c1-14(6-2-3-7-14)18-12-5-4-10(15)8-11(12)17-13(18)9-16/h4-5,8H,2-3,6-7,9H2,1H3. The molecule has 2 nitrogen and oxygen atoms in total. The number of imidazole rings is 1. The number of hydrogen-bond acceptors (Lipinski definition) is 1. The second-order valence-electron chi connectivity index (χ2n) is 5.33. The van der Waals surface area contributed by atoms with Crippen molar-refractivity contribution in [1.29, 1.82) is 0 Å². The van der Waals surface area contributed by atoms with Crippen LogP contribution in [0.25, 0.3) is 11.0 Å². The highest BCUT2D eigenvalue weighted by molar-refractivity contribution is 9.10. The van der Waals surface area contributed by atoms with Crippen LogP contribution in [-0.4, -0.2) is 9.55 Å². The summed E-state index contributed by atoms with van der Waals surface area (Å²) in [5, 5.41) is 0. The molecule has 1 aliphatic rings. The van der Waals surface area contributed by atoms with Crippen molar-refractivity contribution in [3.8, 4) is 0 Å². The van der Waals surface area contributed by atoms with Crippen molar-refractivity contribution >= 4 is 38.6 Å². The molecule has 3 rings (SSSR count). The van der Waals surface area contributed by atoms with Crippen molar-refractivity contribution in [3.05, 3.63) is 28.5 Å². The smallest absolute Gasteiger partial charge is 0.125 e. The van der Waals surface area contributed by atoms with Crippen molar-refractivity contribution in [3.63, 3.8) is 0 Å². The molecule has 0 bridgehead atoms. The normalized spacial score (nSPS) is 18.6. The molecule has 96 valence electrons. The summed E-state index contributed by atoms with van der Waals surface area (Å²) in [6.45, 7) is 2.33. The summed E-state index contributed by atoms with van der Waals surface area (Å²) >= 11 is 9.59. The van der Waals surface area contributed by atoms with Gasteiger partial charge in [0.15, 0.2) is 0 Å². The van der Waals surface area contributed by atoms with Crippen molar-refractivity contribution in [2.24, 2.45) is 0 Å². The van der Waals surface area contributed by atoms with E-state index in [-0.39, 0.29) is 5.54 Å². The first kappa shape index (κ1) is 12.5. The van der Waals surface area contributed by atoms with Gasteiger partial charge in [0.2, 0.25) is 0 Å². The fourth-order valence-electron chi connectivity index (χ4n) is 3.16. The van der Waals surface area contributed by atoms with Crippen LogP contribution < -0.4 is 0 Å². The maximum atomic E-state index is 6.09. The average molecular weight is 328 g/mol. The summed E-state index contributed by atoms with van der Waals surface area (Å²) in [5.41, 5.74) is 2.43. The second-order valence-corrected chi connectivity index (χ2v) is 6.52. The maximum Gasteiger partial charge on any atom is 0.125 e. The van der Waals surface area contributed by atoms with Crippen LogP contribution in [0.4, 0.5) is 0 Å². The van der Waals surface area contributed by atoms with Crippen molar-refractivity contribution in [2.45, 2.75) is 44.0 Å². The SMILES string of the molecule is CC1(n2c(CCl)nc3cc(Br)ccc32)CCCC1. The Kier molecular flexibility index (Phi) is 3.15. The first-order valence-corrected chi connectivity index (χ1v) is 7.70. The lowest BCUT2D eigenvalue weighted by Gasteiger charge is -2.28. The van der Waals surface area contributed by atoms with Crippen LogP contribution >= 0.6 is 27.5 Å². The van der Waals surface area contributed by atoms with Gasteiger partial charge in [-0.3, -0.25) is 0 Å². The zero-order chi connectivity index (χ0) is 12.8. The van der Waals surface area contributed by atoms with E-state index >= 15 is 0 Å². The summed E-state index contributed by atoms with van der Waals surface area (Å²) in [4.78, 5) is 4.68. The predicted octanol–water partition coefficient (Wildman–Crippen LogP) is 4.83. The zero-order valence-corrected chi connectivity index (χ0v) is 12.8. The van der Waals surface area contributed by atoms with Gasteiger partial charge in [0, 0.05) is 10.0 Å². The molecule has 4 heteroatoms. The molecule has 18 heavy (non-hydrogen) atoms. The Morgan fingerprint density at radius 2 is 2.11 bits per heavy atom. The van der Waals surface area contributed by atoms with Crippen LogP contribution in [0.2, 0.25) is 0 Å². The van der Waals surface area contributed by atoms with E-state index in [0.717, 1.165) is 15.8 Å². The second kappa shape index (κ2) is 4.53. The number of fused-ring (bicyclic) bond motifs is 1. The molecular formula is C14H16BrClN2. The summed E-state index contributed by atoms with van der Waals surface area (Å²) in [6, 6.07) is 6.29. The van der Waals surface area contributed by atoms with Crippen LogP contribution in [0.1, 0.15) is 38.4 Å². The third kappa shape index (κ3) is 1.88. The van der Waals surface area contributed by atoms with E-state index in [1.807, 2.05) is 0 Å². The summed E-state index contributed by atoms with van der Waals surface area (Å²) < 4.78 is 3.44. The van der Waals surface area contributed by atoms with E-state index in [0.29, 0.717) is 5.88 Å². The minimum atomic E-state index is 0.187. The largest absolute Gasteiger partial charge is 0.321 e. The monoisotopic (exact) mass is 326 g/mol. The Bertz CT molecular complexity index is 585. The number of aromatic nitrogens is 2. The van der Waals surface area contributed by atoms with Crippen LogP contribution in [-0.2, 0) is 11.4 Å². The lowest BCUT2D eigenvalue weighted by Crippen LogP contribution is -2.27. The van der Waals surface area contributed by atoms with Crippen LogP contribution in [0, 0.1) is 0 Å².